The van der Waals surface area contributed by atoms with Crippen LogP contribution in [0.2, 0.25) is 5.02 Å². The fourth-order valence-electron chi connectivity index (χ4n) is 2.24. The van der Waals surface area contributed by atoms with Gasteiger partial charge in [0.05, 0.1) is 5.39 Å². The first kappa shape index (κ1) is 18.3. The average molecular weight is 439 g/mol. The molecular formula is C18H13BrClNO5. The van der Waals surface area contributed by atoms with Crippen molar-refractivity contribution in [1.29, 1.82) is 0 Å². The number of benzene rings is 2. The number of anilines is 1. The summed E-state index contributed by atoms with van der Waals surface area (Å²) in [6.07, 6.45) is -0.677. The molecule has 0 fully saturated rings. The highest BCUT2D eigenvalue weighted by molar-refractivity contribution is 9.09. The van der Waals surface area contributed by atoms with Gasteiger partial charge in [0.2, 0.25) is 0 Å². The van der Waals surface area contributed by atoms with Gasteiger partial charge in [-0.1, -0.05) is 51.8 Å². The van der Waals surface area contributed by atoms with Gasteiger partial charge in [-0.05, 0) is 24.3 Å². The summed E-state index contributed by atoms with van der Waals surface area (Å²) in [6.45, 7) is 0.305. The van der Waals surface area contributed by atoms with E-state index in [1.165, 1.54) is 6.07 Å². The number of fused-ring (bicyclic) bond motifs is 1. The van der Waals surface area contributed by atoms with Crippen LogP contribution in [0.3, 0.4) is 0 Å². The third-order valence-corrected chi connectivity index (χ3v) is 4.03. The maximum atomic E-state index is 12.2. The van der Waals surface area contributed by atoms with E-state index in [2.05, 4.69) is 21.2 Å². The van der Waals surface area contributed by atoms with Crippen molar-refractivity contribution < 1.29 is 18.7 Å². The number of alkyl halides is 1. The van der Waals surface area contributed by atoms with Crippen LogP contribution >= 0.6 is 27.5 Å². The van der Waals surface area contributed by atoms with Gasteiger partial charge in [-0.2, -0.15) is 0 Å². The van der Waals surface area contributed by atoms with Crippen molar-refractivity contribution in [1.82, 2.24) is 0 Å². The van der Waals surface area contributed by atoms with Crippen LogP contribution in [-0.4, -0.2) is 18.0 Å². The Balaban J connectivity index is 1.84. The van der Waals surface area contributed by atoms with E-state index in [9.17, 15) is 9.59 Å². The molecule has 0 unspecified atom stereocenters. The number of ether oxygens (including phenoxy) is 2. The van der Waals surface area contributed by atoms with Gasteiger partial charge in [0.15, 0.2) is 0 Å². The summed E-state index contributed by atoms with van der Waals surface area (Å²) in [5.74, 6) is 0.370. The van der Waals surface area contributed by atoms with Crippen molar-refractivity contribution in [3.05, 3.63) is 64.0 Å². The molecule has 3 aromatic rings. The van der Waals surface area contributed by atoms with Crippen molar-refractivity contribution >= 4 is 50.1 Å². The maximum absolute atomic E-state index is 12.2. The van der Waals surface area contributed by atoms with Crippen molar-refractivity contribution in [2.75, 3.05) is 17.3 Å². The van der Waals surface area contributed by atoms with Gasteiger partial charge in [-0.15, -0.1) is 0 Å². The van der Waals surface area contributed by atoms with Crippen LogP contribution in [-0.2, 0) is 0 Å². The number of hydrogen-bond acceptors (Lipinski definition) is 5. The average Bonchev–Trinajstić information content (AvgIpc) is 2.64. The third kappa shape index (κ3) is 4.17. The molecule has 134 valence electrons. The summed E-state index contributed by atoms with van der Waals surface area (Å²) in [4.78, 5) is 24.1. The Morgan fingerprint density at radius 3 is 2.65 bits per heavy atom. The maximum Gasteiger partial charge on any atom is 0.417 e. The summed E-state index contributed by atoms with van der Waals surface area (Å²) in [5, 5.41) is 4.00. The smallest absolute Gasteiger partial charge is 0.417 e. The quantitative estimate of drug-likeness (QED) is 0.577. The minimum Gasteiger partial charge on any atom is -0.463 e. The lowest BCUT2D eigenvalue weighted by atomic mass is 10.1. The second-order valence-electron chi connectivity index (χ2n) is 5.12. The third-order valence-electron chi connectivity index (χ3n) is 3.35. The Kier molecular flexibility index (Phi) is 5.80. The largest absolute Gasteiger partial charge is 0.463 e. The van der Waals surface area contributed by atoms with Crippen molar-refractivity contribution in [3.8, 4) is 11.7 Å². The molecule has 0 saturated carbocycles. The Hall–Kier alpha value is -2.51. The predicted molar refractivity (Wildman–Crippen MR) is 103 cm³/mol. The molecule has 0 aliphatic heterocycles. The van der Waals surface area contributed by atoms with Crippen LogP contribution < -0.4 is 20.4 Å². The lowest BCUT2D eigenvalue weighted by Gasteiger charge is -2.09. The lowest BCUT2D eigenvalue weighted by Crippen LogP contribution is -2.17. The molecule has 1 amide bonds. The van der Waals surface area contributed by atoms with Crippen LogP contribution in [0.15, 0.2) is 57.7 Å². The molecular weight excluding hydrogens is 426 g/mol. The van der Waals surface area contributed by atoms with Gasteiger partial charge in [0.25, 0.3) is 0 Å². The van der Waals surface area contributed by atoms with Gasteiger partial charge in [-0.25, -0.2) is 9.59 Å². The van der Waals surface area contributed by atoms with E-state index in [0.29, 0.717) is 28.8 Å². The molecule has 1 aromatic heterocycles. The molecule has 1 heterocycles. The summed E-state index contributed by atoms with van der Waals surface area (Å²) in [5.41, 5.74) is -0.245. The minimum absolute atomic E-state index is 0.0344. The second-order valence-corrected chi connectivity index (χ2v) is 6.29. The normalized spacial score (nSPS) is 10.5. The van der Waals surface area contributed by atoms with Crippen LogP contribution in [0.1, 0.15) is 0 Å². The summed E-state index contributed by atoms with van der Waals surface area (Å²) >= 11 is 9.45. The Labute approximate surface area is 161 Å². The highest BCUT2D eigenvalue weighted by Crippen LogP contribution is 2.32. The molecule has 0 radical (unpaired) electrons. The molecule has 3 rings (SSSR count). The number of rotatable bonds is 5. The zero-order valence-electron chi connectivity index (χ0n) is 13.3. The zero-order chi connectivity index (χ0) is 18.5. The number of halogens is 2. The molecule has 0 aliphatic carbocycles. The monoisotopic (exact) mass is 437 g/mol. The highest BCUT2D eigenvalue weighted by Gasteiger charge is 2.15. The van der Waals surface area contributed by atoms with E-state index in [-0.39, 0.29) is 16.4 Å². The van der Waals surface area contributed by atoms with Crippen molar-refractivity contribution in [3.63, 3.8) is 0 Å². The number of nitrogens with one attached hydrogen (secondary N) is 1. The van der Waals surface area contributed by atoms with Crippen LogP contribution in [0, 0.1) is 0 Å². The Morgan fingerprint density at radius 1 is 1.15 bits per heavy atom. The molecule has 0 spiro atoms. The molecule has 26 heavy (non-hydrogen) atoms. The molecule has 6 nitrogen and oxygen atoms in total. The summed E-state index contributed by atoms with van der Waals surface area (Å²) < 4.78 is 15.6. The first-order valence-electron chi connectivity index (χ1n) is 7.57. The molecule has 0 saturated heterocycles. The van der Waals surface area contributed by atoms with Gasteiger partial charge >= 0.3 is 17.7 Å². The number of amides is 1. The van der Waals surface area contributed by atoms with Gasteiger partial charge in [-0.3, -0.25) is 5.32 Å². The standard InChI is InChI=1S/C18H13BrClNO5/c19-8-9-24-17-15(20)13-7-6-11(10-14(13)16(22)26-17)21-18(23)25-12-4-2-1-3-5-12/h1-7,10H,8-9H2,(H,21,23). The first-order chi connectivity index (χ1) is 12.6. The van der Waals surface area contributed by atoms with E-state index in [0.717, 1.165) is 0 Å². The Bertz CT molecular complexity index is 990. The van der Waals surface area contributed by atoms with Crippen LogP contribution in [0.25, 0.3) is 10.8 Å². The number of para-hydroxylation sites is 1. The lowest BCUT2D eigenvalue weighted by molar-refractivity contribution is 0.215. The van der Waals surface area contributed by atoms with E-state index in [1.807, 2.05) is 6.07 Å². The number of hydrogen-bond donors (Lipinski definition) is 1. The number of carbonyl (C=O) groups excluding carboxylic acids is 1. The molecule has 0 bridgehead atoms. The van der Waals surface area contributed by atoms with Gasteiger partial charge in [0, 0.05) is 16.4 Å². The van der Waals surface area contributed by atoms with E-state index in [1.54, 1.807) is 36.4 Å². The molecule has 1 N–H and O–H groups in total. The summed E-state index contributed by atoms with van der Waals surface area (Å²) in [6, 6.07) is 13.3. The topological polar surface area (TPSA) is 77.8 Å². The van der Waals surface area contributed by atoms with E-state index >= 15 is 0 Å². The highest BCUT2D eigenvalue weighted by atomic mass is 79.9. The molecule has 0 atom stereocenters. The summed E-state index contributed by atoms with van der Waals surface area (Å²) in [7, 11) is 0. The van der Waals surface area contributed by atoms with Crippen LogP contribution in [0.5, 0.6) is 11.7 Å². The minimum atomic E-state index is -0.677. The fourth-order valence-corrected chi connectivity index (χ4v) is 2.66. The molecule has 8 heteroatoms. The first-order valence-corrected chi connectivity index (χ1v) is 9.07. The molecule has 2 aromatic carbocycles. The van der Waals surface area contributed by atoms with Crippen molar-refractivity contribution in [2.24, 2.45) is 0 Å². The van der Waals surface area contributed by atoms with Crippen LogP contribution in [0.4, 0.5) is 10.5 Å². The second kappa shape index (κ2) is 8.25. The molecule has 0 aliphatic rings. The predicted octanol–water partition coefficient (Wildman–Crippen LogP) is 4.83. The Morgan fingerprint density at radius 2 is 1.92 bits per heavy atom. The van der Waals surface area contributed by atoms with Crippen molar-refractivity contribution in [2.45, 2.75) is 0 Å². The fraction of sp³-hybridized carbons (Fsp3) is 0.111. The van der Waals surface area contributed by atoms with E-state index < -0.39 is 11.7 Å². The number of carbonyl (C=O) groups is 1. The zero-order valence-corrected chi connectivity index (χ0v) is 15.7. The van der Waals surface area contributed by atoms with E-state index in [4.69, 9.17) is 25.5 Å². The van der Waals surface area contributed by atoms with Gasteiger partial charge < -0.3 is 13.9 Å². The SMILES string of the molecule is O=C(Nc1ccc2c(Cl)c(OCCBr)oc(=O)c2c1)Oc1ccccc1. The van der Waals surface area contributed by atoms with Gasteiger partial charge in [0.1, 0.15) is 17.4 Å².